The van der Waals surface area contributed by atoms with E-state index in [-0.39, 0.29) is 22.7 Å². The van der Waals surface area contributed by atoms with Gasteiger partial charge in [-0.1, -0.05) is 23.7 Å². The van der Waals surface area contributed by atoms with Gasteiger partial charge in [-0.15, -0.1) is 0 Å². The summed E-state index contributed by atoms with van der Waals surface area (Å²) in [4.78, 5) is 30.1. The van der Waals surface area contributed by atoms with Crippen LogP contribution in [0, 0.1) is 12.7 Å². The second kappa shape index (κ2) is 7.28. The number of carbonyl (C=O) groups is 1. The van der Waals surface area contributed by atoms with Gasteiger partial charge in [0, 0.05) is 18.1 Å². The molecule has 150 valence electrons. The molecule has 0 fully saturated rings. The van der Waals surface area contributed by atoms with E-state index < -0.39 is 11.9 Å². The molecular formula is C22H20ClFN2O3. The van der Waals surface area contributed by atoms with Crippen molar-refractivity contribution in [3.05, 3.63) is 79.9 Å². The number of likely N-dealkylation sites (N-methyl/N-ethyl adjacent to an activating group) is 1. The molecule has 2 heterocycles. The molecule has 2 aromatic carbocycles. The predicted molar refractivity (Wildman–Crippen MR) is 110 cm³/mol. The summed E-state index contributed by atoms with van der Waals surface area (Å²) in [6.07, 6.45) is 0. The Hall–Kier alpha value is -2.70. The molecule has 0 aliphatic carbocycles. The van der Waals surface area contributed by atoms with Crippen molar-refractivity contribution in [3.8, 4) is 0 Å². The molecule has 1 aliphatic rings. The van der Waals surface area contributed by atoms with Crippen molar-refractivity contribution < 1.29 is 13.6 Å². The van der Waals surface area contributed by atoms with E-state index in [1.165, 1.54) is 12.1 Å². The maximum atomic E-state index is 14.0. The molecule has 4 rings (SSSR count). The molecule has 1 aliphatic heterocycles. The Labute approximate surface area is 172 Å². The van der Waals surface area contributed by atoms with Crippen LogP contribution in [0.3, 0.4) is 0 Å². The fourth-order valence-corrected chi connectivity index (χ4v) is 3.87. The van der Waals surface area contributed by atoms with Gasteiger partial charge in [0.1, 0.15) is 11.4 Å². The van der Waals surface area contributed by atoms with Crippen LogP contribution < -0.4 is 5.43 Å². The number of aryl methyl sites for hydroxylation is 1. The molecule has 0 radical (unpaired) electrons. The first-order chi connectivity index (χ1) is 13.8. The van der Waals surface area contributed by atoms with Crippen molar-refractivity contribution in [2.24, 2.45) is 0 Å². The number of hydrogen-bond acceptors (Lipinski definition) is 4. The lowest BCUT2D eigenvalue weighted by Gasteiger charge is -2.26. The van der Waals surface area contributed by atoms with E-state index in [0.717, 1.165) is 5.56 Å². The van der Waals surface area contributed by atoms with Crippen LogP contribution in [-0.4, -0.2) is 42.9 Å². The minimum absolute atomic E-state index is 0.0113. The van der Waals surface area contributed by atoms with Gasteiger partial charge in [0.15, 0.2) is 5.43 Å². The number of carbonyl (C=O) groups excluding carboxylic acids is 1. The van der Waals surface area contributed by atoms with Crippen molar-refractivity contribution in [1.82, 2.24) is 9.80 Å². The summed E-state index contributed by atoms with van der Waals surface area (Å²) in [6.45, 7) is 2.76. The van der Waals surface area contributed by atoms with E-state index >= 15 is 0 Å². The fraction of sp³-hybridized carbons (Fsp3) is 0.273. The largest absolute Gasteiger partial charge is 0.450 e. The quantitative estimate of drug-likeness (QED) is 0.647. The summed E-state index contributed by atoms with van der Waals surface area (Å²) in [5.74, 6) is -0.792. The first-order valence-corrected chi connectivity index (χ1v) is 9.63. The number of nitrogens with zero attached hydrogens (tertiary/aromatic N) is 2. The number of halogens is 2. The molecule has 5 nitrogen and oxygen atoms in total. The summed E-state index contributed by atoms with van der Waals surface area (Å²) >= 11 is 6.21. The van der Waals surface area contributed by atoms with Gasteiger partial charge in [-0.05, 0) is 56.4 Å². The van der Waals surface area contributed by atoms with Gasteiger partial charge < -0.3 is 14.2 Å². The molecule has 29 heavy (non-hydrogen) atoms. The zero-order chi connectivity index (χ0) is 20.9. The number of hydrogen-bond donors (Lipinski definition) is 0. The molecule has 0 N–H and O–H groups in total. The van der Waals surface area contributed by atoms with Crippen LogP contribution in [-0.2, 0) is 0 Å². The first-order valence-electron chi connectivity index (χ1n) is 9.26. The minimum atomic E-state index is -0.714. The van der Waals surface area contributed by atoms with Gasteiger partial charge in [-0.2, -0.15) is 0 Å². The predicted octanol–water partition coefficient (Wildman–Crippen LogP) is 4.00. The zero-order valence-corrected chi connectivity index (χ0v) is 17.1. The zero-order valence-electron chi connectivity index (χ0n) is 16.3. The van der Waals surface area contributed by atoms with E-state index in [2.05, 4.69) is 0 Å². The standard InChI is InChI=1S/C22H20ClFN2O3/c1-12-9-17-15(11-16(12)23)20(27)18-19(13-5-4-6-14(24)10-13)26(8-7-25(2)3)22(28)21(18)29-17/h4-6,9-11,19H,7-8H2,1-3H3. The van der Waals surface area contributed by atoms with Crippen LogP contribution in [0.2, 0.25) is 5.02 Å². The molecule has 0 spiro atoms. The minimum Gasteiger partial charge on any atom is -0.450 e. The fourth-order valence-electron chi connectivity index (χ4n) is 3.70. The topological polar surface area (TPSA) is 53.8 Å². The molecule has 1 unspecified atom stereocenters. The summed E-state index contributed by atoms with van der Waals surface area (Å²) < 4.78 is 19.9. The number of fused-ring (bicyclic) bond motifs is 2. The Morgan fingerprint density at radius 2 is 1.97 bits per heavy atom. The van der Waals surface area contributed by atoms with Gasteiger partial charge in [-0.25, -0.2) is 4.39 Å². The van der Waals surface area contributed by atoms with Gasteiger partial charge in [0.25, 0.3) is 5.91 Å². The van der Waals surface area contributed by atoms with E-state index in [1.54, 1.807) is 36.1 Å². The highest BCUT2D eigenvalue weighted by Crippen LogP contribution is 2.38. The molecule has 7 heteroatoms. The summed E-state index contributed by atoms with van der Waals surface area (Å²) in [5.41, 5.74) is 1.50. The van der Waals surface area contributed by atoms with Crippen molar-refractivity contribution in [2.75, 3.05) is 27.2 Å². The average molecular weight is 415 g/mol. The van der Waals surface area contributed by atoms with Gasteiger partial charge in [0.05, 0.1) is 17.0 Å². The van der Waals surface area contributed by atoms with E-state index in [9.17, 15) is 14.0 Å². The van der Waals surface area contributed by atoms with Gasteiger partial charge in [-0.3, -0.25) is 9.59 Å². The third-order valence-corrected chi connectivity index (χ3v) is 5.61. The van der Waals surface area contributed by atoms with Crippen LogP contribution in [0.15, 0.2) is 45.6 Å². The lowest BCUT2D eigenvalue weighted by molar-refractivity contribution is 0.0716. The third-order valence-electron chi connectivity index (χ3n) is 5.20. The third kappa shape index (κ3) is 3.32. The van der Waals surface area contributed by atoms with Crippen LogP contribution in [0.1, 0.15) is 33.3 Å². The maximum absolute atomic E-state index is 14.0. The van der Waals surface area contributed by atoms with Crippen molar-refractivity contribution in [2.45, 2.75) is 13.0 Å². The highest BCUT2D eigenvalue weighted by atomic mass is 35.5. The van der Waals surface area contributed by atoms with E-state index in [1.807, 2.05) is 19.0 Å². The average Bonchev–Trinajstić information content (AvgIpc) is 2.94. The summed E-state index contributed by atoms with van der Waals surface area (Å²) in [7, 11) is 3.79. The van der Waals surface area contributed by atoms with Crippen molar-refractivity contribution in [3.63, 3.8) is 0 Å². The lowest BCUT2D eigenvalue weighted by atomic mass is 9.98. The molecule has 1 atom stereocenters. The number of benzene rings is 2. The van der Waals surface area contributed by atoms with Crippen LogP contribution in [0.4, 0.5) is 4.39 Å². The van der Waals surface area contributed by atoms with E-state index in [0.29, 0.717) is 34.6 Å². The molecule has 3 aromatic rings. The lowest BCUT2D eigenvalue weighted by Crippen LogP contribution is -2.35. The van der Waals surface area contributed by atoms with E-state index in [4.69, 9.17) is 16.0 Å². The van der Waals surface area contributed by atoms with Crippen molar-refractivity contribution in [1.29, 1.82) is 0 Å². The highest BCUT2D eigenvalue weighted by Gasteiger charge is 2.42. The van der Waals surface area contributed by atoms with Gasteiger partial charge in [0.2, 0.25) is 5.76 Å². The second-order valence-corrected chi connectivity index (χ2v) is 7.94. The van der Waals surface area contributed by atoms with Crippen LogP contribution in [0.5, 0.6) is 0 Å². The Bertz CT molecular complexity index is 1190. The first kappa shape index (κ1) is 19.6. The molecule has 0 saturated heterocycles. The Morgan fingerprint density at radius 3 is 2.66 bits per heavy atom. The SMILES string of the molecule is Cc1cc2oc3c(c(=O)c2cc1Cl)C(c1cccc(F)c1)N(CCN(C)C)C3=O. The molecule has 0 bridgehead atoms. The molecule has 1 amide bonds. The molecule has 1 aromatic heterocycles. The Balaban J connectivity index is 1.97. The van der Waals surface area contributed by atoms with Crippen LogP contribution >= 0.6 is 11.6 Å². The number of rotatable bonds is 4. The summed E-state index contributed by atoms with van der Waals surface area (Å²) in [6, 6.07) is 8.47. The monoisotopic (exact) mass is 414 g/mol. The maximum Gasteiger partial charge on any atom is 0.290 e. The Morgan fingerprint density at radius 1 is 1.21 bits per heavy atom. The smallest absolute Gasteiger partial charge is 0.290 e. The Kier molecular flexibility index (Phi) is 4.92. The summed E-state index contributed by atoms with van der Waals surface area (Å²) in [5, 5.41) is 0.754. The second-order valence-electron chi connectivity index (χ2n) is 7.53. The normalized spacial score (nSPS) is 16.1. The molecular weight excluding hydrogens is 395 g/mol. The van der Waals surface area contributed by atoms with Crippen molar-refractivity contribution >= 4 is 28.5 Å². The number of amides is 1. The highest BCUT2D eigenvalue weighted by molar-refractivity contribution is 6.32. The molecule has 0 saturated carbocycles. The van der Waals surface area contributed by atoms with Crippen LogP contribution in [0.25, 0.3) is 11.0 Å². The van der Waals surface area contributed by atoms with Gasteiger partial charge >= 0.3 is 0 Å².